The van der Waals surface area contributed by atoms with Crippen molar-refractivity contribution in [2.75, 3.05) is 13.2 Å². The minimum atomic E-state index is -0.0705. The van der Waals surface area contributed by atoms with E-state index < -0.39 is 0 Å². The predicted molar refractivity (Wildman–Crippen MR) is 115 cm³/mol. The van der Waals surface area contributed by atoms with E-state index in [1.807, 2.05) is 17.7 Å². The Hall–Kier alpha value is -2.58. The molecule has 1 aliphatic carbocycles. The number of aliphatic hydroxyl groups is 1. The van der Waals surface area contributed by atoms with Gasteiger partial charge in [0.1, 0.15) is 0 Å². The molecule has 1 aliphatic rings. The van der Waals surface area contributed by atoms with Gasteiger partial charge >= 0.3 is 0 Å². The number of H-pyrrole nitrogens is 1. The molecule has 8 nitrogen and oxygen atoms in total. The third-order valence-corrected chi connectivity index (χ3v) is 5.99. The number of nitrogens with one attached hydrogen (secondary N) is 1. The van der Waals surface area contributed by atoms with E-state index in [4.69, 9.17) is 0 Å². The Morgan fingerprint density at radius 1 is 1.20 bits per heavy atom. The molecular formula is C22H30N6O2. The second kappa shape index (κ2) is 9.06. The predicted octanol–water partition coefficient (Wildman–Crippen LogP) is 2.63. The number of nitrogens with zero attached hydrogens (tertiary/aromatic N) is 5. The summed E-state index contributed by atoms with van der Waals surface area (Å²) >= 11 is 0. The fraction of sp³-hybridized carbons (Fsp3) is 0.545. The molecule has 3 aromatic rings. The first-order valence-corrected chi connectivity index (χ1v) is 10.8. The first kappa shape index (κ1) is 20.7. The van der Waals surface area contributed by atoms with Crippen molar-refractivity contribution >= 4 is 10.9 Å². The summed E-state index contributed by atoms with van der Waals surface area (Å²) in [5.41, 5.74) is 3.78. The van der Waals surface area contributed by atoms with Crippen LogP contribution in [0.4, 0.5) is 0 Å². The highest BCUT2D eigenvalue weighted by molar-refractivity contribution is 5.82. The van der Waals surface area contributed by atoms with E-state index in [0.29, 0.717) is 37.7 Å². The quantitative estimate of drug-likeness (QED) is 0.592. The zero-order chi connectivity index (χ0) is 21.1. The van der Waals surface area contributed by atoms with E-state index in [1.54, 1.807) is 0 Å². The molecule has 2 aromatic heterocycles. The number of aryl methyl sites for hydroxylation is 2. The summed E-state index contributed by atoms with van der Waals surface area (Å²) < 4.78 is 1.95. The van der Waals surface area contributed by atoms with Crippen molar-refractivity contribution in [1.82, 2.24) is 30.1 Å². The van der Waals surface area contributed by atoms with Crippen LogP contribution in [-0.2, 0) is 13.1 Å². The van der Waals surface area contributed by atoms with Crippen molar-refractivity contribution < 1.29 is 5.11 Å². The summed E-state index contributed by atoms with van der Waals surface area (Å²) in [6.45, 7) is 5.88. The van der Waals surface area contributed by atoms with Gasteiger partial charge in [-0.2, -0.15) is 0 Å². The molecule has 0 aliphatic heterocycles. The van der Waals surface area contributed by atoms with E-state index in [1.165, 1.54) is 18.4 Å². The normalized spacial score (nSPS) is 14.9. The maximum Gasteiger partial charge on any atom is 0.252 e. The van der Waals surface area contributed by atoms with Gasteiger partial charge in [0.2, 0.25) is 0 Å². The van der Waals surface area contributed by atoms with Gasteiger partial charge in [0.25, 0.3) is 5.56 Å². The van der Waals surface area contributed by atoms with E-state index in [0.717, 1.165) is 35.1 Å². The minimum Gasteiger partial charge on any atom is -0.396 e. The summed E-state index contributed by atoms with van der Waals surface area (Å²) in [7, 11) is 0. The highest BCUT2D eigenvalue weighted by atomic mass is 16.3. The topological polar surface area (TPSA) is 99.9 Å². The monoisotopic (exact) mass is 410 g/mol. The number of tetrazole rings is 1. The molecule has 1 saturated carbocycles. The molecule has 0 unspecified atom stereocenters. The Kier molecular flexibility index (Phi) is 6.24. The SMILES string of the molecule is Cc1cc(C)c2[nH]c(=O)c(CN(CCCO)Cc3nnnn3C3CCCC3)cc2c1. The van der Waals surface area contributed by atoms with Gasteiger partial charge in [-0.1, -0.05) is 24.5 Å². The maximum atomic E-state index is 12.8. The molecule has 0 bridgehead atoms. The number of benzene rings is 1. The average molecular weight is 411 g/mol. The van der Waals surface area contributed by atoms with E-state index in [2.05, 4.69) is 44.5 Å². The fourth-order valence-electron chi connectivity index (χ4n) is 4.55. The van der Waals surface area contributed by atoms with Crippen LogP contribution in [0.3, 0.4) is 0 Å². The van der Waals surface area contributed by atoms with Gasteiger partial charge in [0.05, 0.1) is 18.1 Å². The smallest absolute Gasteiger partial charge is 0.252 e. The van der Waals surface area contributed by atoms with Crippen molar-refractivity contribution in [3.8, 4) is 0 Å². The molecule has 0 atom stereocenters. The van der Waals surface area contributed by atoms with Crippen molar-refractivity contribution in [1.29, 1.82) is 0 Å². The van der Waals surface area contributed by atoms with Crippen LogP contribution in [0.2, 0.25) is 0 Å². The molecule has 0 amide bonds. The van der Waals surface area contributed by atoms with E-state index in [-0.39, 0.29) is 12.2 Å². The lowest BCUT2D eigenvalue weighted by Crippen LogP contribution is -2.30. The molecule has 160 valence electrons. The molecular weight excluding hydrogens is 380 g/mol. The van der Waals surface area contributed by atoms with Gasteiger partial charge in [0.15, 0.2) is 5.82 Å². The Bertz CT molecular complexity index is 1070. The van der Waals surface area contributed by atoms with Crippen molar-refractivity contribution in [3.05, 3.63) is 51.1 Å². The Morgan fingerprint density at radius 2 is 2.00 bits per heavy atom. The lowest BCUT2D eigenvalue weighted by atomic mass is 10.1. The van der Waals surface area contributed by atoms with Crippen LogP contribution in [0.5, 0.6) is 0 Å². The number of pyridine rings is 1. The molecule has 0 radical (unpaired) electrons. The number of hydrogen-bond donors (Lipinski definition) is 2. The third kappa shape index (κ3) is 4.44. The molecule has 2 heterocycles. The second-order valence-corrected chi connectivity index (χ2v) is 8.44. The lowest BCUT2D eigenvalue weighted by molar-refractivity contribution is 0.204. The van der Waals surface area contributed by atoms with Crippen LogP contribution < -0.4 is 5.56 Å². The maximum absolute atomic E-state index is 12.8. The average Bonchev–Trinajstić information content (AvgIpc) is 3.39. The number of hydrogen-bond acceptors (Lipinski definition) is 6. The van der Waals surface area contributed by atoms with E-state index in [9.17, 15) is 9.90 Å². The molecule has 0 spiro atoms. The summed E-state index contributed by atoms with van der Waals surface area (Å²) in [4.78, 5) is 18.0. The lowest BCUT2D eigenvalue weighted by Gasteiger charge is -2.22. The number of fused-ring (bicyclic) bond motifs is 1. The van der Waals surface area contributed by atoms with E-state index >= 15 is 0 Å². The third-order valence-electron chi connectivity index (χ3n) is 5.99. The van der Waals surface area contributed by atoms with Gasteiger partial charge in [-0.05, 0) is 66.6 Å². The van der Waals surface area contributed by atoms with Crippen LogP contribution in [0.15, 0.2) is 23.0 Å². The van der Waals surface area contributed by atoms with Crippen LogP contribution in [0, 0.1) is 13.8 Å². The standard InChI is InChI=1S/C22H30N6O2/c1-15-10-16(2)21-17(11-15)12-18(22(30)23-21)13-27(8-5-9-29)14-20-24-25-26-28(20)19-6-3-4-7-19/h10-12,19,29H,3-9,13-14H2,1-2H3,(H,23,30). The van der Waals surface area contributed by atoms with Crippen molar-refractivity contribution in [3.63, 3.8) is 0 Å². The van der Waals surface area contributed by atoms with Crippen molar-refractivity contribution in [2.45, 2.75) is 65.1 Å². The molecule has 1 aromatic carbocycles. The first-order chi connectivity index (χ1) is 14.5. The van der Waals surface area contributed by atoms with Crippen LogP contribution >= 0.6 is 0 Å². The second-order valence-electron chi connectivity index (χ2n) is 8.44. The molecule has 4 rings (SSSR count). The summed E-state index contributed by atoms with van der Waals surface area (Å²) in [5, 5.41) is 22.8. The molecule has 8 heteroatoms. The van der Waals surface area contributed by atoms with Crippen LogP contribution in [0.25, 0.3) is 10.9 Å². The molecule has 30 heavy (non-hydrogen) atoms. The summed E-state index contributed by atoms with van der Waals surface area (Å²) in [5.74, 6) is 0.823. The number of rotatable bonds is 8. The summed E-state index contributed by atoms with van der Waals surface area (Å²) in [6.07, 6.45) is 5.27. The zero-order valence-corrected chi connectivity index (χ0v) is 17.8. The van der Waals surface area contributed by atoms with Gasteiger partial charge in [-0.3, -0.25) is 9.69 Å². The Balaban J connectivity index is 1.60. The van der Waals surface area contributed by atoms with Gasteiger partial charge in [-0.15, -0.1) is 5.10 Å². The number of aromatic amines is 1. The van der Waals surface area contributed by atoms with Crippen molar-refractivity contribution in [2.24, 2.45) is 0 Å². The highest BCUT2D eigenvalue weighted by Gasteiger charge is 2.23. The largest absolute Gasteiger partial charge is 0.396 e. The molecule has 2 N–H and O–H groups in total. The minimum absolute atomic E-state index is 0.0705. The first-order valence-electron chi connectivity index (χ1n) is 10.8. The van der Waals surface area contributed by atoms with Gasteiger partial charge in [-0.25, -0.2) is 4.68 Å². The fourth-order valence-corrected chi connectivity index (χ4v) is 4.55. The molecule has 0 saturated heterocycles. The Labute approximate surface area is 175 Å². The molecule has 1 fully saturated rings. The van der Waals surface area contributed by atoms with Crippen LogP contribution in [0.1, 0.15) is 60.7 Å². The summed E-state index contributed by atoms with van der Waals surface area (Å²) in [6, 6.07) is 6.53. The zero-order valence-electron chi connectivity index (χ0n) is 17.8. The Morgan fingerprint density at radius 3 is 2.77 bits per heavy atom. The highest BCUT2D eigenvalue weighted by Crippen LogP contribution is 2.29. The van der Waals surface area contributed by atoms with Gasteiger partial charge < -0.3 is 10.1 Å². The number of aromatic nitrogens is 5. The number of aliphatic hydroxyl groups excluding tert-OH is 1. The van der Waals surface area contributed by atoms with Gasteiger partial charge in [0, 0.05) is 25.3 Å². The van der Waals surface area contributed by atoms with Crippen LogP contribution in [-0.4, -0.2) is 48.3 Å².